The SMILES string of the molecule is Cc1ccc(N(c2ccc(C)cc2)c2ccc(/C=C/c3ccc(/C=C/C=C/c4ccccc4)cc3)cc2)cc1. The lowest BCUT2D eigenvalue weighted by Crippen LogP contribution is -2.09. The molecule has 0 aliphatic heterocycles. The summed E-state index contributed by atoms with van der Waals surface area (Å²) in [5.74, 6) is 0. The number of hydrogen-bond donors (Lipinski definition) is 0. The molecule has 0 heterocycles. The molecule has 1 nitrogen and oxygen atoms in total. The molecule has 0 aromatic heterocycles. The van der Waals surface area contributed by atoms with Gasteiger partial charge in [0.1, 0.15) is 0 Å². The molecule has 0 saturated heterocycles. The zero-order chi connectivity index (χ0) is 26.9. The zero-order valence-electron chi connectivity index (χ0n) is 22.5. The van der Waals surface area contributed by atoms with Gasteiger partial charge in [-0.05, 0) is 72.5 Å². The van der Waals surface area contributed by atoms with E-state index in [1.54, 1.807) is 0 Å². The van der Waals surface area contributed by atoms with Crippen LogP contribution >= 0.6 is 0 Å². The van der Waals surface area contributed by atoms with Gasteiger partial charge in [0.05, 0.1) is 0 Å². The van der Waals surface area contributed by atoms with E-state index in [-0.39, 0.29) is 0 Å². The Bertz CT molecular complexity index is 1510. The third-order valence-corrected chi connectivity index (χ3v) is 6.63. The second-order valence-corrected chi connectivity index (χ2v) is 9.73. The molecule has 1 heteroatoms. The Morgan fingerprint density at radius 2 is 0.692 bits per heavy atom. The van der Waals surface area contributed by atoms with E-state index in [1.807, 2.05) is 6.07 Å². The molecule has 0 bridgehead atoms. The molecule has 0 N–H and O–H groups in total. The van der Waals surface area contributed by atoms with E-state index >= 15 is 0 Å². The number of nitrogens with zero attached hydrogens (tertiary/aromatic N) is 1. The molecule has 5 rings (SSSR count). The molecule has 190 valence electrons. The minimum atomic E-state index is 1.14. The maximum Gasteiger partial charge on any atom is 0.0462 e. The Morgan fingerprint density at radius 1 is 0.359 bits per heavy atom. The first-order chi connectivity index (χ1) is 19.1. The maximum atomic E-state index is 2.30. The molecule has 0 unspecified atom stereocenters. The predicted molar refractivity (Wildman–Crippen MR) is 170 cm³/mol. The lowest BCUT2D eigenvalue weighted by Gasteiger charge is -2.25. The fourth-order valence-corrected chi connectivity index (χ4v) is 4.38. The first kappa shape index (κ1) is 25.8. The van der Waals surface area contributed by atoms with Gasteiger partial charge in [-0.2, -0.15) is 0 Å². The highest BCUT2D eigenvalue weighted by Gasteiger charge is 2.12. The third kappa shape index (κ3) is 7.12. The van der Waals surface area contributed by atoms with Gasteiger partial charge < -0.3 is 4.90 Å². The minimum Gasteiger partial charge on any atom is -0.311 e. The second kappa shape index (κ2) is 12.6. The quantitative estimate of drug-likeness (QED) is 0.150. The van der Waals surface area contributed by atoms with Crippen molar-refractivity contribution in [2.45, 2.75) is 13.8 Å². The minimum absolute atomic E-state index is 1.14. The maximum absolute atomic E-state index is 2.30. The van der Waals surface area contributed by atoms with Crippen LogP contribution in [0.1, 0.15) is 33.4 Å². The van der Waals surface area contributed by atoms with Crippen molar-refractivity contribution < 1.29 is 0 Å². The molecule has 39 heavy (non-hydrogen) atoms. The molecular formula is C38H33N. The van der Waals surface area contributed by atoms with Crippen LogP contribution in [-0.4, -0.2) is 0 Å². The van der Waals surface area contributed by atoms with E-state index in [0.29, 0.717) is 0 Å². The highest BCUT2D eigenvalue weighted by atomic mass is 15.1. The molecule has 0 spiro atoms. The molecule has 0 aliphatic carbocycles. The largest absolute Gasteiger partial charge is 0.311 e. The normalized spacial score (nSPS) is 11.5. The highest BCUT2D eigenvalue weighted by Crippen LogP contribution is 2.34. The number of allylic oxidation sites excluding steroid dienone is 2. The number of rotatable bonds is 8. The fraction of sp³-hybridized carbons (Fsp3) is 0.0526. The number of aryl methyl sites for hydroxylation is 2. The van der Waals surface area contributed by atoms with Crippen LogP contribution in [0.25, 0.3) is 24.3 Å². The monoisotopic (exact) mass is 503 g/mol. The van der Waals surface area contributed by atoms with Crippen LogP contribution in [0.15, 0.2) is 140 Å². The van der Waals surface area contributed by atoms with Crippen LogP contribution in [0, 0.1) is 13.8 Å². The Balaban J connectivity index is 1.27. The van der Waals surface area contributed by atoms with E-state index in [2.05, 4.69) is 177 Å². The van der Waals surface area contributed by atoms with Crippen molar-refractivity contribution in [1.29, 1.82) is 0 Å². The molecule has 0 saturated carbocycles. The number of anilines is 3. The molecule has 0 atom stereocenters. The van der Waals surface area contributed by atoms with Crippen molar-refractivity contribution in [2.75, 3.05) is 4.90 Å². The van der Waals surface area contributed by atoms with E-state index in [0.717, 1.165) is 17.1 Å². The average Bonchev–Trinajstić information content (AvgIpc) is 2.98. The van der Waals surface area contributed by atoms with Crippen molar-refractivity contribution in [3.8, 4) is 0 Å². The van der Waals surface area contributed by atoms with Crippen LogP contribution in [0.5, 0.6) is 0 Å². The van der Waals surface area contributed by atoms with Gasteiger partial charge in [0, 0.05) is 17.1 Å². The van der Waals surface area contributed by atoms with Gasteiger partial charge >= 0.3 is 0 Å². The van der Waals surface area contributed by atoms with Crippen LogP contribution in [0.3, 0.4) is 0 Å². The number of hydrogen-bond acceptors (Lipinski definition) is 1. The van der Waals surface area contributed by atoms with E-state index in [4.69, 9.17) is 0 Å². The van der Waals surface area contributed by atoms with Crippen molar-refractivity contribution >= 4 is 41.4 Å². The molecule has 5 aromatic rings. The predicted octanol–water partition coefficient (Wildman–Crippen LogP) is 10.7. The summed E-state index contributed by atoms with van der Waals surface area (Å²) in [7, 11) is 0. The smallest absolute Gasteiger partial charge is 0.0462 e. The van der Waals surface area contributed by atoms with Gasteiger partial charge in [-0.25, -0.2) is 0 Å². The zero-order valence-corrected chi connectivity index (χ0v) is 22.5. The van der Waals surface area contributed by atoms with E-state index in [9.17, 15) is 0 Å². The Labute approximate surface area is 232 Å². The molecular weight excluding hydrogens is 470 g/mol. The van der Waals surface area contributed by atoms with Crippen molar-refractivity contribution in [1.82, 2.24) is 0 Å². The molecule has 0 radical (unpaired) electrons. The van der Waals surface area contributed by atoms with E-state index < -0.39 is 0 Å². The summed E-state index contributed by atoms with van der Waals surface area (Å²) < 4.78 is 0. The summed E-state index contributed by atoms with van der Waals surface area (Å²) in [5.41, 5.74) is 10.7. The molecule has 0 amide bonds. The molecule has 0 fully saturated rings. The van der Waals surface area contributed by atoms with Gasteiger partial charge in [-0.1, -0.05) is 139 Å². The summed E-state index contributed by atoms with van der Waals surface area (Å²) in [6, 6.07) is 45.1. The topological polar surface area (TPSA) is 3.24 Å². The van der Waals surface area contributed by atoms with Crippen LogP contribution in [-0.2, 0) is 0 Å². The summed E-state index contributed by atoms with van der Waals surface area (Å²) in [6.07, 6.45) is 12.7. The average molecular weight is 504 g/mol. The summed E-state index contributed by atoms with van der Waals surface area (Å²) in [6.45, 7) is 4.24. The highest BCUT2D eigenvalue weighted by molar-refractivity contribution is 5.78. The van der Waals surface area contributed by atoms with Gasteiger partial charge in [-0.15, -0.1) is 0 Å². The van der Waals surface area contributed by atoms with Crippen LogP contribution in [0.2, 0.25) is 0 Å². The second-order valence-electron chi connectivity index (χ2n) is 9.73. The summed E-state index contributed by atoms with van der Waals surface area (Å²) in [5, 5.41) is 0. The fourth-order valence-electron chi connectivity index (χ4n) is 4.38. The first-order valence-electron chi connectivity index (χ1n) is 13.4. The van der Waals surface area contributed by atoms with Crippen molar-refractivity contribution in [3.63, 3.8) is 0 Å². The molecule has 5 aromatic carbocycles. The lowest BCUT2D eigenvalue weighted by molar-refractivity contribution is 1.27. The van der Waals surface area contributed by atoms with Crippen molar-refractivity contribution in [3.05, 3.63) is 173 Å². The van der Waals surface area contributed by atoms with Crippen molar-refractivity contribution in [2.24, 2.45) is 0 Å². The summed E-state index contributed by atoms with van der Waals surface area (Å²) in [4.78, 5) is 2.30. The number of benzene rings is 5. The molecule has 0 aliphatic rings. The van der Waals surface area contributed by atoms with Crippen LogP contribution < -0.4 is 4.90 Å². The first-order valence-corrected chi connectivity index (χ1v) is 13.4. The van der Waals surface area contributed by atoms with Gasteiger partial charge in [0.15, 0.2) is 0 Å². The Hall–Kier alpha value is -4.88. The van der Waals surface area contributed by atoms with Gasteiger partial charge in [0.2, 0.25) is 0 Å². The summed E-state index contributed by atoms with van der Waals surface area (Å²) >= 11 is 0. The standard InChI is InChI=1S/C38H33N/c1-30-12-24-36(25-13-30)39(37-26-14-31(2)15-27-37)38-28-22-35(23-29-38)21-20-34-18-16-33(17-19-34)11-7-6-10-32-8-4-3-5-9-32/h3-29H,1-2H3/b10-6+,11-7+,21-20+. The van der Waals surface area contributed by atoms with E-state index in [1.165, 1.54) is 33.4 Å². The Morgan fingerprint density at radius 3 is 1.13 bits per heavy atom. The Kier molecular flexibility index (Phi) is 8.31. The van der Waals surface area contributed by atoms with Crippen LogP contribution in [0.4, 0.5) is 17.1 Å². The van der Waals surface area contributed by atoms with Gasteiger partial charge in [-0.3, -0.25) is 0 Å². The van der Waals surface area contributed by atoms with Gasteiger partial charge in [0.25, 0.3) is 0 Å². The lowest BCUT2D eigenvalue weighted by atomic mass is 10.1. The third-order valence-electron chi connectivity index (χ3n) is 6.63.